The zero-order valence-corrected chi connectivity index (χ0v) is 14.9. The first-order valence-corrected chi connectivity index (χ1v) is 8.82. The van der Waals surface area contributed by atoms with E-state index >= 15 is 0 Å². The standard InChI is InChI=1S/C18H20BrNS/c1-4-6-8-10-14(9-7-5-2)18-13(3)17-16(21-18)11-15(19)12-20-17/h5,7,9-12H,2,4,6,8H2,1,3H3/b9-7-,14-10+. The van der Waals surface area contributed by atoms with Gasteiger partial charge < -0.3 is 0 Å². The molecule has 0 fully saturated rings. The molecule has 0 atom stereocenters. The molecule has 0 aliphatic carbocycles. The highest BCUT2D eigenvalue weighted by Gasteiger charge is 2.12. The fourth-order valence-corrected chi connectivity index (χ4v) is 3.93. The van der Waals surface area contributed by atoms with Crippen LogP contribution in [0.25, 0.3) is 15.8 Å². The third kappa shape index (κ3) is 3.92. The predicted molar refractivity (Wildman–Crippen MR) is 98.9 cm³/mol. The number of aromatic nitrogens is 1. The maximum atomic E-state index is 4.55. The molecular weight excluding hydrogens is 342 g/mol. The molecule has 0 N–H and O–H groups in total. The molecule has 110 valence electrons. The van der Waals surface area contributed by atoms with E-state index in [1.165, 1.54) is 33.6 Å². The third-order valence-corrected chi connectivity index (χ3v) is 5.03. The van der Waals surface area contributed by atoms with Crippen LogP contribution < -0.4 is 0 Å². The van der Waals surface area contributed by atoms with Gasteiger partial charge >= 0.3 is 0 Å². The lowest BCUT2D eigenvalue weighted by Gasteiger charge is -2.01. The van der Waals surface area contributed by atoms with Crippen LogP contribution in [0.1, 0.15) is 36.6 Å². The van der Waals surface area contributed by atoms with Gasteiger partial charge in [0.15, 0.2) is 0 Å². The van der Waals surface area contributed by atoms with Crippen LogP contribution in [0.5, 0.6) is 0 Å². The molecule has 0 unspecified atom stereocenters. The Labute approximate surface area is 139 Å². The molecule has 2 aromatic heterocycles. The number of nitrogens with zero attached hydrogens (tertiary/aromatic N) is 1. The smallest absolute Gasteiger partial charge is 0.0846 e. The molecule has 1 nitrogen and oxygen atoms in total. The minimum absolute atomic E-state index is 1.03. The SMILES string of the molecule is C=C/C=C\C(=C/CCCC)c1sc2cc(Br)cnc2c1C. The van der Waals surface area contributed by atoms with Crippen molar-refractivity contribution in [3.05, 3.63) is 58.1 Å². The highest BCUT2D eigenvalue weighted by atomic mass is 79.9. The van der Waals surface area contributed by atoms with Crippen molar-refractivity contribution in [2.75, 3.05) is 0 Å². The van der Waals surface area contributed by atoms with Crippen molar-refractivity contribution in [1.29, 1.82) is 0 Å². The van der Waals surface area contributed by atoms with E-state index in [4.69, 9.17) is 0 Å². The summed E-state index contributed by atoms with van der Waals surface area (Å²) in [6.45, 7) is 8.15. The first kappa shape index (κ1) is 16.2. The quantitative estimate of drug-likeness (QED) is 0.412. The van der Waals surface area contributed by atoms with Crippen molar-refractivity contribution < 1.29 is 0 Å². The molecule has 21 heavy (non-hydrogen) atoms. The number of halogens is 1. The Morgan fingerprint density at radius 3 is 3.00 bits per heavy atom. The van der Waals surface area contributed by atoms with Gasteiger partial charge in [0.2, 0.25) is 0 Å². The fraction of sp³-hybridized carbons (Fsp3) is 0.278. The Balaban J connectivity index is 2.48. The van der Waals surface area contributed by atoms with Gasteiger partial charge in [0.05, 0.1) is 10.2 Å². The summed E-state index contributed by atoms with van der Waals surface area (Å²) in [7, 11) is 0. The normalized spacial score (nSPS) is 12.4. The fourth-order valence-electron chi connectivity index (χ4n) is 2.22. The Hall–Kier alpha value is -1.19. The molecule has 0 aliphatic rings. The van der Waals surface area contributed by atoms with Crippen LogP contribution in [0, 0.1) is 6.92 Å². The maximum absolute atomic E-state index is 4.55. The van der Waals surface area contributed by atoms with E-state index in [0.717, 1.165) is 16.4 Å². The number of fused-ring (bicyclic) bond motifs is 1. The second-order valence-electron chi connectivity index (χ2n) is 4.95. The lowest BCUT2D eigenvalue weighted by molar-refractivity contribution is 0.816. The maximum Gasteiger partial charge on any atom is 0.0846 e. The van der Waals surface area contributed by atoms with Crippen LogP contribution in [0.15, 0.2) is 47.6 Å². The van der Waals surface area contributed by atoms with Gasteiger partial charge in [-0.05, 0) is 46.5 Å². The Morgan fingerprint density at radius 1 is 1.48 bits per heavy atom. The molecule has 0 aliphatic heterocycles. The second-order valence-corrected chi connectivity index (χ2v) is 6.92. The number of allylic oxidation sites excluding steroid dienone is 5. The number of pyridine rings is 1. The molecule has 0 spiro atoms. The van der Waals surface area contributed by atoms with Gasteiger partial charge in [-0.25, -0.2) is 0 Å². The minimum atomic E-state index is 1.03. The van der Waals surface area contributed by atoms with E-state index in [9.17, 15) is 0 Å². The van der Waals surface area contributed by atoms with Crippen LogP contribution in [0.4, 0.5) is 0 Å². The first-order valence-electron chi connectivity index (χ1n) is 7.21. The summed E-state index contributed by atoms with van der Waals surface area (Å²) in [4.78, 5) is 5.86. The van der Waals surface area contributed by atoms with Crippen molar-refractivity contribution in [2.45, 2.75) is 33.1 Å². The van der Waals surface area contributed by atoms with Crippen molar-refractivity contribution in [1.82, 2.24) is 4.98 Å². The van der Waals surface area contributed by atoms with Crippen LogP contribution in [0.2, 0.25) is 0 Å². The zero-order valence-electron chi connectivity index (χ0n) is 12.5. The number of hydrogen-bond donors (Lipinski definition) is 0. The molecule has 2 rings (SSSR count). The van der Waals surface area contributed by atoms with Gasteiger partial charge in [-0.1, -0.05) is 50.6 Å². The Bertz CT molecular complexity index is 695. The van der Waals surface area contributed by atoms with Crippen molar-refractivity contribution in [2.24, 2.45) is 0 Å². The van der Waals surface area contributed by atoms with Crippen LogP contribution in [-0.2, 0) is 0 Å². The van der Waals surface area contributed by atoms with E-state index < -0.39 is 0 Å². The molecule has 3 heteroatoms. The summed E-state index contributed by atoms with van der Waals surface area (Å²) < 4.78 is 2.26. The average Bonchev–Trinajstić information content (AvgIpc) is 2.79. The second kappa shape index (κ2) is 7.71. The molecular formula is C18H20BrNS. The molecule has 2 heterocycles. The Kier molecular flexibility index (Phi) is 5.95. The topological polar surface area (TPSA) is 12.9 Å². The average molecular weight is 362 g/mol. The molecule has 2 aromatic rings. The number of aryl methyl sites for hydroxylation is 1. The predicted octanol–water partition coefficient (Wildman–Crippen LogP) is 6.68. The van der Waals surface area contributed by atoms with Gasteiger partial charge in [0.25, 0.3) is 0 Å². The summed E-state index contributed by atoms with van der Waals surface area (Å²) in [5, 5.41) is 0. The summed E-state index contributed by atoms with van der Waals surface area (Å²) >= 11 is 5.31. The summed E-state index contributed by atoms with van der Waals surface area (Å²) in [5.74, 6) is 0. The number of thiophene rings is 1. The third-order valence-electron chi connectivity index (χ3n) is 3.32. The summed E-state index contributed by atoms with van der Waals surface area (Å²) in [6.07, 6.45) is 13.7. The van der Waals surface area contributed by atoms with Crippen molar-refractivity contribution in [3.63, 3.8) is 0 Å². The molecule has 0 bridgehead atoms. The van der Waals surface area contributed by atoms with Gasteiger partial charge in [-0.2, -0.15) is 0 Å². The van der Waals surface area contributed by atoms with Crippen LogP contribution >= 0.6 is 27.3 Å². The van der Waals surface area contributed by atoms with Gasteiger partial charge in [0, 0.05) is 15.5 Å². The van der Waals surface area contributed by atoms with Gasteiger partial charge in [-0.3, -0.25) is 4.98 Å². The van der Waals surface area contributed by atoms with E-state index in [2.05, 4.69) is 59.6 Å². The van der Waals surface area contributed by atoms with E-state index in [-0.39, 0.29) is 0 Å². The Morgan fingerprint density at radius 2 is 2.29 bits per heavy atom. The highest BCUT2D eigenvalue weighted by Crippen LogP contribution is 2.36. The largest absolute Gasteiger partial charge is 0.254 e. The first-order chi connectivity index (χ1) is 10.2. The molecule has 0 aromatic carbocycles. The molecule has 0 saturated carbocycles. The lowest BCUT2D eigenvalue weighted by atomic mass is 10.1. The van der Waals surface area contributed by atoms with E-state index in [0.29, 0.717) is 0 Å². The number of rotatable bonds is 6. The number of hydrogen-bond acceptors (Lipinski definition) is 2. The summed E-state index contributed by atoms with van der Waals surface area (Å²) in [6, 6.07) is 2.14. The lowest BCUT2D eigenvalue weighted by Crippen LogP contribution is -1.82. The van der Waals surface area contributed by atoms with Crippen LogP contribution in [0.3, 0.4) is 0 Å². The minimum Gasteiger partial charge on any atom is -0.254 e. The number of unbranched alkanes of at least 4 members (excludes halogenated alkanes) is 2. The van der Waals surface area contributed by atoms with E-state index in [1.54, 1.807) is 0 Å². The van der Waals surface area contributed by atoms with Gasteiger partial charge in [-0.15, -0.1) is 11.3 Å². The van der Waals surface area contributed by atoms with Gasteiger partial charge in [0.1, 0.15) is 0 Å². The summed E-state index contributed by atoms with van der Waals surface area (Å²) in [5.41, 5.74) is 3.64. The van der Waals surface area contributed by atoms with Crippen molar-refractivity contribution in [3.8, 4) is 0 Å². The molecule has 0 amide bonds. The van der Waals surface area contributed by atoms with Crippen LogP contribution in [-0.4, -0.2) is 4.98 Å². The zero-order chi connectivity index (χ0) is 15.2. The van der Waals surface area contributed by atoms with E-state index in [1.807, 2.05) is 29.7 Å². The van der Waals surface area contributed by atoms with Crippen molar-refractivity contribution >= 4 is 43.1 Å². The molecule has 0 saturated heterocycles. The molecule has 0 radical (unpaired) electrons. The monoisotopic (exact) mass is 361 g/mol. The highest BCUT2D eigenvalue weighted by molar-refractivity contribution is 9.10.